The van der Waals surface area contributed by atoms with Gasteiger partial charge in [-0.2, -0.15) is 0 Å². The number of carbonyl (C=O) groups excluding carboxylic acids is 1. The monoisotopic (exact) mass is 215 g/mol. The third-order valence-corrected chi connectivity index (χ3v) is 2.96. The van der Waals surface area contributed by atoms with Gasteiger partial charge in [0.15, 0.2) is 0 Å². The Labute approximate surface area is 90.9 Å². The third kappa shape index (κ3) is 3.15. The first-order chi connectivity index (χ1) is 7.25. The molecule has 88 valence electrons. The van der Waals surface area contributed by atoms with E-state index in [1.165, 1.54) is 0 Å². The number of rotatable bonds is 5. The van der Waals surface area contributed by atoms with Gasteiger partial charge < -0.3 is 20.7 Å². The summed E-state index contributed by atoms with van der Waals surface area (Å²) in [5.74, 6) is 0.0866. The average molecular weight is 215 g/mol. The van der Waals surface area contributed by atoms with Crippen molar-refractivity contribution >= 4 is 5.91 Å². The lowest BCUT2D eigenvalue weighted by Crippen LogP contribution is -2.60. The minimum absolute atomic E-state index is 0.0866. The molecule has 5 nitrogen and oxygen atoms in total. The van der Waals surface area contributed by atoms with Crippen molar-refractivity contribution in [3.63, 3.8) is 0 Å². The smallest absolute Gasteiger partial charge is 0.240 e. The summed E-state index contributed by atoms with van der Waals surface area (Å²) in [4.78, 5) is 12.0. The first-order valence-corrected chi connectivity index (χ1v) is 5.42. The van der Waals surface area contributed by atoms with Crippen LogP contribution in [0.2, 0.25) is 0 Å². The number of piperidine rings is 1. The molecule has 0 aromatic rings. The van der Waals surface area contributed by atoms with E-state index in [1.54, 1.807) is 7.11 Å². The summed E-state index contributed by atoms with van der Waals surface area (Å²) in [6.07, 6.45) is 1.67. The minimum atomic E-state index is -0.390. The molecule has 1 amide bonds. The summed E-state index contributed by atoms with van der Waals surface area (Å²) in [5.41, 5.74) is -0.390. The molecule has 0 saturated carbocycles. The fourth-order valence-corrected chi connectivity index (χ4v) is 1.88. The minimum Gasteiger partial charge on any atom is -0.383 e. The van der Waals surface area contributed by atoms with Gasteiger partial charge in [-0.05, 0) is 33.0 Å². The summed E-state index contributed by atoms with van der Waals surface area (Å²) in [6, 6.07) is 0. The highest BCUT2D eigenvalue weighted by atomic mass is 16.5. The molecular formula is C10H21N3O2. The van der Waals surface area contributed by atoms with E-state index in [4.69, 9.17) is 4.74 Å². The predicted octanol–water partition coefficient (Wildman–Crippen LogP) is -0.909. The number of carbonyl (C=O) groups is 1. The first kappa shape index (κ1) is 12.4. The molecule has 0 unspecified atom stereocenters. The number of amides is 1. The van der Waals surface area contributed by atoms with Crippen molar-refractivity contribution in [3.8, 4) is 0 Å². The Hall–Kier alpha value is -0.650. The van der Waals surface area contributed by atoms with E-state index in [2.05, 4.69) is 16.0 Å². The van der Waals surface area contributed by atoms with Gasteiger partial charge in [0.05, 0.1) is 12.1 Å². The van der Waals surface area contributed by atoms with Gasteiger partial charge in [-0.15, -0.1) is 0 Å². The second-order valence-corrected chi connectivity index (χ2v) is 3.83. The van der Waals surface area contributed by atoms with Crippen molar-refractivity contribution in [2.24, 2.45) is 0 Å². The number of methoxy groups -OCH3 is 1. The number of hydrogen-bond acceptors (Lipinski definition) is 4. The Morgan fingerprint density at radius 1 is 1.47 bits per heavy atom. The molecular weight excluding hydrogens is 194 g/mol. The zero-order valence-electron chi connectivity index (χ0n) is 9.56. The van der Waals surface area contributed by atoms with Crippen molar-refractivity contribution in [1.29, 1.82) is 0 Å². The van der Waals surface area contributed by atoms with Crippen LogP contribution < -0.4 is 16.0 Å². The van der Waals surface area contributed by atoms with Crippen LogP contribution in [0.5, 0.6) is 0 Å². The fourth-order valence-electron chi connectivity index (χ4n) is 1.88. The largest absolute Gasteiger partial charge is 0.383 e. The van der Waals surface area contributed by atoms with Crippen molar-refractivity contribution in [2.45, 2.75) is 18.4 Å². The maximum absolute atomic E-state index is 12.0. The number of hydrogen-bond donors (Lipinski definition) is 3. The Bertz CT molecular complexity index is 203. The molecule has 0 bridgehead atoms. The van der Waals surface area contributed by atoms with Crippen LogP contribution in [0.15, 0.2) is 0 Å². The summed E-state index contributed by atoms with van der Waals surface area (Å²) >= 11 is 0. The van der Waals surface area contributed by atoms with Crippen molar-refractivity contribution in [1.82, 2.24) is 16.0 Å². The van der Waals surface area contributed by atoms with Crippen LogP contribution in [-0.4, -0.2) is 51.8 Å². The zero-order chi connectivity index (χ0) is 11.1. The Morgan fingerprint density at radius 2 is 2.13 bits per heavy atom. The second-order valence-electron chi connectivity index (χ2n) is 3.83. The van der Waals surface area contributed by atoms with Gasteiger partial charge in [0.1, 0.15) is 0 Å². The lowest BCUT2D eigenvalue weighted by atomic mass is 9.87. The van der Waals surface area contributed by atoms with E-state index in [9.17, 15) is 4.79 Å². The summed E-state index contributed by atoms with van der Waals surface area (Å²) in [6.45, 7) is 2.91. The highest BCUT2D eigenvalue weighted by molar-refractivity contribution is 5.86. The lowest BCUT2D eigenvalue weighted by Gasteiger charge is -2.35. The summed E-state index contributed by atoms with van der Waals surface area (Å²) < 4.78 is 4.90. The van der Waals surface area contributed by atoms with E-state index < -0.39 is 0 Å². The number of ether oxygens (including phenoxy) is 1. The molecule has 1 aliphatic rings. The van der Waals surface area contributed by atoms with Crippen LogP contribution in [-0.2, 0) is 9.53 Å². The van der Waals surface area contributed by atoms with E-state index in [1.807, 2.05) is 7.05 Å². The molecule has 15 heavy (non-hydrogen) atoms. The molecule has 0 aromatic carbocycles. The van der Waals surface area contributed by atoms with Crippen LogP contribution >= 0.6 is 0 Å². The lowest BCUT2D eigenvalue weighted by molar-refractivity contribution is -0.128. The number of nitrogens with one attached hydrogen (secondary N) is 3. The highest BCUT2D eigenvalue weighted by Crippen LogP contribution is 2.17. The van der Waals surface area contributed by atoms with Crippen LogP contribution in [0.1, 0.15) is 12.8 Å². The topological polar surface area (TPSA) is 62.4 Å². The van der Waals surface area contributed by atoms with Gasteiger partial charge in [0.25, 0.3) is 0 Å². The fraction of sp³-hybridized carbons (Fsp3) is 0.900. The van der Waals surface area contributed by atoms with E-state index in [0.29, 0.717) is 13.2 Å². The van der Waals surface area contributed by atoms with E-state index in [-0.39, 0.29) is 11.4 Å². The van der Waals surface area contributed by atoms with Crippen LogP contribution in [0.4, 0.5) is 0 Å². The van der Waals surface area contributed by atoms with E-state index in [0.717, 1.165) is 25.9 Å². The predicted molar refractivity (Wildman–Crippen MR) is 58.8 cm³/mol. The second kappa shape index (κ2) is 6.05. The normalized spacial score (nSPS) is 19.9. The third-order valence-electron chi connectivity index (χ3n) is 2.96. The molecule has 1 fully saturated rings. The molecule has 0 atom stereocenters. The molecule has 1 aliphatic heterocycles. The van der Waals surface area contributed by atoms with Crippen LogP contribution in [0, 0.1) is 0 Å². The van der Waals surface area contributed by atoms with Crippen molar-refractivity contribution in [2.75, 3.05) is 40.4 Å². The maximum Gasteiger partial charge on any atom is 0.240 e. The van der Waals surface area contributed by atoms with Gasteiger partial charge in [0, 0.05) is 13.7 Å². The van der Waals surface area contributed by atoms with Crippen LogP contribution in [0.25, 0.3) is 0 Å². The van der Waals surface area contributed by atoms with Gasteiger partial charge in [-0.1, -0.05) is 0 Å². The maximum atomic E-state index is 12.0. The quantitative estimate of drug-likeness (QED) is 0.520. The van der Waals surface area contributed by atoms with Crippen molar-refractivity contribution in [3.05, 3.63) is 0 Å². The van der Waals surface area contributed by atoms with Crippen LogP contribution in [0.3, 0.4) is 0 Å². The molecule has 0 radical (unpaired) electrons. The molecule has 0 aliphatic carbocycles. The van der Waals surface area contributed by atoms with E-state index >= 15 is 0 Å². The zero-order valence-corrected chi connectivity index (χ0v) is 9.56. The molecule has 0 spiro atoms. The van der Waals surface area contributed by atoms with Gasteiger partial charge in [-0.3, -0.25) is 4.79 Å². The first-order valence-electron chi connectivity index (χ1n) is 5.42. The number of likely N-dealkylation sites (N-methyl/N-ethyl adjacent to an activating group) is 1. The average Bonchev–Trinajstić information content (AvgIpc) is 2.30. The molecule has 1 heterocycles. The Balaban J connectivity index is 2.45. The molecule has 0 aromatic heterocycles. The molecule has 1 saturated heterocycles. The van der Waals surface area contributed by atoms with Gasteiger partial charge >= 0.3 is 0 Å². The highest BCUT2D eigenvalue weighted by Gasteiger charge is 2.37. The van der Waals surface area contributed by atoms with Gasteiger partial charge in [0.2, 0.25) is 5.91 Å². The standard InChI is InChI=1S/C10H21N3O2/c1-11-10(3-5-12-6-4-10)9(14)13-7-8-15-2/h11-12H,3-8H2,1-2H3,(H,13,14). The summed E-state index contributed by atoms with van der Waals surface area (Å²) in [7, 11) is 3.48. The Morgan fingerprint density at radius 3 is 2.67 bits per heavy atom. The van der Waals surface area contributed by atoms with Crippen molar-refractivity contribution < 1.29 is 9.53 Å². The SMILES string of the molecule is CNC1(C(=O)NCCOC)CCNCC1. The molecule has 3 N–H and O–H groups in total. The summed E-state index contributed by atoms with van der Waals surface area (Å²) in [5, 5.41) is 9.29. The van der Waals surface area contributed by atoms with Gasteiger partial charge in [-0.25, -0.2) is 0 Å². The molecule has 5 heteroatoms. The molecule has 1 rings (SSSR count). The Kier molecular flexibility index (Phi) is 5.01.